The van der Waals surface area contributed by atoms with Gasteiger partial charge in [-0.05, 0) is 87.6 Å². The van der Waals surface area contributed by atoms with Crippen LogP contribution in [0.4, 0.5) is 19.3 Å². The molecular formula is C41H53F2N7O7. The summed E-state index contributed by atoms with van der Waals surface area (Å²) in [5, 5.41) is 10.8. The average Bonchev–Trinajstić information content (AvgIpc) is 3.77. The minimum absolute atomic E-state index is 0.0114. The third-order valence-corrected chi connectivity index (χ3v) is 11.3. The Labute approximate surface area is 331 Å². The van der Waals surface area contributed by atoms with E-state index in [1.165, 1.54) is 9.80 Å². The van der Waals surface area contributed by atoms with E-state index < -0.39 is 71.6 Å². The number of carbonyl (C=O) groups excluding carboxylic acids is 6. The minimum Gasteiger partial charge on any atom is -0.377 e. The number of hydrogen-bond donors (Lipinski definition) is 4. The second kappa shape index (κ2) is 17.6. The summed E-state index contributed by atoms with van der Waals surface area (Å²) in [6.07, 6.45) is 2.88. The standard InChI is InChI=1S/C41H53F2N7O7/c1-24-10-12-29(13-11-24)45-40(56)47-31(18-26-16-27(42)19-28(43)17-26)35(51)46-32-22-57-21-30-20-41(3,4)23-50(30)37(53)25(2)44-36(52)33-8-5-6-14-48(33)39(55)34-9-7-15-49(34)38(32)54/h10-13,16-17,19,25,30-34H,5-9,14-15,18,20-23H2,1-4H3,(H,44,52)(H,46,51)(H2,45,47,56)/t25-,30?,31-,32-,33?,34?/m0/s1. The van der Waals surface area contributed by atoms with Gasteiger partial charge in [-0.1, -0.05) is 31.5 Å². The van der Waals surface area contributed by atoms with Gasteiger partial charge in [-0.3, -0.25) is 24.0 Å². The third kappa shape index (κ3) is 10.1. The van der Waals surface area contributed by atoms with Crippen LogP contribution in [0.2, 0.25) is 0 Å². The zero-order chi connectivity index (χ0) is 41.0. The van der Waals surface area contributed by atoms with Gasteiger partial charge in [0.15, 0.2) is 0 Å². The number of nitrogens with one attached hydrogen (secondary N) is 4. The summed E-state index contributed by atoms with van der Waals surface area (Å²) in [6.45, 7) is 8.17. The number of rotatable bonds is 6. The first-order valence-electron chi connectivity index (χ1n) is 19.8. The molecule has 3 unspecified atom stereocenters. The summed E-state index contributed by atoms with van der Waals surface area (Å²) in [5.74, 6) is -4.28. The number of nitrogens with zero attached hydrogens (tertiary/aromatic N) is 3. The number of ether oxygens (including phenoxy) is 1. The van der Waals surface area contributed by atoms with Crippen LogP contribution in [0.25, 0.3) is 0 Å². The maximum atomic E-state index is 14.5. The first-order chi connectivity index (χ1) is 27.1. The van der Waals surface area contributed by atoms with Crippen LogP contribution in [0.5, 0.6) is 0 Å². The highest BCUT2D eigenvalue weighted by atomic mass is 19.1. The topological polar surface area (TPSA) is 169 Å². The molecular weight excluding hydrogens is 740 g/mol. The van der Waals surface area contributed by atoms with E-state index in [0.29, 0.717) is 63.4 Å². The molecule has 4 aliphatic rings. The van der Waals surface area contributed by atoms with Crippen LogP contribution in [0, 0.1) is 24.0 Å². The van der Waals surface area contributed by atoms with Gasteiger partial charge in [0, 0.05) is 37.8 Å². The van der Waals surface area contributed by atoms with Gasteiger partial charge in [-0.25, -0.2) is 13.6 Å². The number of piperidine rings is 1. The van der Waals surface area contributed by atoms with E-state index in [1.807, 2.05) is 20.8 Å². The lowest BCUT2D eigenvalue weighted by Gasteiger charge is -2.39. The molecule has 4 N–H and O–H groups in total. The highest BCUT2D eigenvalue weighted by Gasteiger charge is 2.46. The fraction of sp³-hybridized carbons (Fsp3) is 0.561. The lowest BCUT2D eigenvalue weighted by atomic mass is 9.91. The Morgan fingerprint density at radius 2 is 1.54 bits per heavy atom. The molecule has 4 heterocycles. The molecule has 0 radical (unpaired) electrons. The van der Waals surface area contributed by atoms with Crippen molar-refractivity contribution in [1.82, 2.24) is 30.7 Å². The number of halogens is 2. The maximum Gasteiger partial charge on any atom is 0.319 e. The van der Waals surface area contributed by atoms with Crippen LogP contribution in [0.15, 0.2) is 42.5 Å². The van der Waals surface area contributed by atoms with E-state index in [-0.39, 0.29) is 49.0 Å². The highest BCUT2D eigenvalue weighted by molar-refractivity contribution is 5.98. The van der Waals surface area contributed by atoms with Gasteiger partial charge in [0.25, 0.3) is 0 Å². The van der Waals surface area contributed by atoms with Crippen molar-refractivity contribution in [2.24, 2.45) is 5.41 Å². The van der Waals surface area contributed by atoms with Crippen LogP contribution in [-0.4, -0.2) is 119 Å². The quantitative estimate of drug-likeness (QED) is 0.349. The number of carbonyl (C=O) groups is 6. The summed E-state index contributed by atoms with van der Waals surface area (Å²) in [7, 11) is 0. The van der Waals surface area contributed by atoms with Gasteiger partial charge in [-0.2, -0.15) is 0 Å². The van der Waals surface area contributed by atoms with E-state index in [0.717, 1.165) is 17.7 Å². The van der Waals surface area contributed by atoms with Gasteiger partial charge >= 0.3 is 6.03 Å². The summed E-state index contributed by atoms with van der Waals surface area (Å²) < 4.78 is 34.7. The lowest BCUT2D eigenvalue weighted by Crippen LogP contribution is -2.61. The molecule has 2 aromatic carbocycles. The molecule has 6 atom stereocenters. The van der Waals surface area contributed by atoms with Crippen LogP contribution in [-0.2, 0) is 35.1 Å². The third-order valence-electron chi connectivity index (χ3n) is 11.3. The molecule has 0 saturated carbocycles. The van der Waals surface area contributed by atoms with Gasteiger partial charge in [0.2, 0.25) is 29.5 Å². The molecule has 4 saturated heterocycles. The summed E-state index contributed by atoms with van der Waals surface area (Å²) in [6, 6.07) is 3.18. The molecule has 308 valence electrons. The zero-order valence-corrected chi connectivity index (χ0v) is 32.9. The molecule has 14 nitrogen and oxygen atoms in total. The number of anilines is 1. The van der Waals surface area contributed by atoms with E-state index >= 15 is 0 Å². The summed E-state index contributed by atoms with van der Waals surface area (Å²) >= 11 is 0. The Bertz CT molecular complexity index is 1840. The van der Waals surface area contributed by atoms with Crippen molar-refractivity contribution in [2.45, 2.75) is 109 Å². The van der Waals surface area contributed by atoms with Gasteiger partial charge < -0.3 is 40.7 Å². The molecule has 57 heavy (non-hydrogen) atoms. The van der Waals surface area contributed by atoms with E-state index in [4.69, 9.17) is 4.74 Å². The number of fused-ring (bicyclic) bond motifs is 3. The van der Waals surface area contributed by atoms with Crippen molar-refractivity contribution in [3.63, 3.8) is 0 Å². The zero-order valence-electron chi connectivity index (χ0n) is 32.9. The Hall–Kier alpha value is -5.12. The predicted molar refractivity (Wildman–Crippen MR) is 206 cm³/mol. The number of amides is 7. The van der Waals surface area contributed by atoms with Gasteiger partial charge in [-0.15, -0.1) is 0 Å². The minimum atomic E-state index is -1.42. The van der Waals surface area contributed by atoms with Crippen molar-refractivity contribution in [3.05, 3.63) is 65.2 Å². The Morgan fingerprint density at radius 3 is 2.26 bits per heavy atom. The predicted octanol–water partition coefficient (Wildman–Crippen LogP) is 3.02. The molecule has 2 aromatic rings. The maximum absolute atomic E-state index is 14.5. The van der Waals surface area contributed by atoms with E-state index in [1.54, 1.807) is 36.1 Å². The number of urea groups is 1. The lowest BCUT2D eigenvalue weighted by molar-refractivity contribution is -0.152. The molecule has 0 bridgehead atoms. The Morgan fingerprint density at radius 1 is 0.877 bits per heavy atom. The fourth-order valence-corrected chi connectivity index (χ4v) is 8.48. The second-order valence-corrected chi connectivity index (χ2v) is 16.5. The first kappa shape index (κ1) is 41.5. The Kier molecular flexibility index (Phi) is 12.8. The van der Waals surface area contributed by atoms with Gasteiger partial charge in [0.05, 0.1) is 19.3 Å². The van der Waals surface area contributed by atoms with Crippen LogP contribution in [0.1, 0.15) is 70.4 Å². The smallest absolute Gasteiger partial charge is 0.319 e. The van der Waals surface area contributed by atoms with E-state index in [9.17, 15) is 37.5 Å². The molecule has 7 amide bonds. The summed E-state index contributed by atoms with van der Waals surface area (Å²) in [5.41, 5.74) is 1.20. The van der Waals surface area contributed by atoms with Crippen molar-refractivity contribution in [2.75, 3.05) is 38.2 Å². The van der Waals surface area contributed by atoms with Gasteiger partial charge in [0.1, 0.15) is 41.8 Å². The molecule has 0 spiro atoms. The number of aryl methyl sites for hydroxylation is 1. The second-order valence-electron chi connectivity index (χ2n) is 16.5. The SMILES string of the molecule is Cc1ccc(NC(=O)N[C@@H](Cc2cc(F)cc(F)c2)C(=O)N[C@H]2COCC3CC(C)(C)CN3C(=O)[C@H](C)NC(=O)C3CCCCN3C(=O)C3CCCN3C2=O)cc1. The van der Waals surface area contributed by atoms with Crippen molar-refractivity contribution in [3.8, 4) is 0 Å². The van der Waals surface area contributed by atoms with Crippen molar-refractivity contribution < 1.29 is 42.3 Å². The summed E-state index contributed by atoms with van der Waals surface area (Å²) in [4.78, 5) is 88.4. The fourth-order valence-electron chi connectivity index (χ4n) is 8.48. The van der Waals surface area contributed by atoms with E-state index in [2.05, 4.69) is 21.3 Å². The monoisotopic (exact) mass is 793 g/mol. The molecule has 4 fully saturated rings. The number of benzene rings is 2. The van der Waals surface area contributed by atoms with Crippen LogP contribution in [0.3, 0.4) is 0 Å². The van der Waals surface area contributed by atoms with Crippen molar-refractivity contribution in [1.29, 1.82) is 0 Å². The average molecular weight is 794 g/mol. The molecule has 6 rings (SSSR count). The van der Waals surface area contributed by atoms with Crippen LogP contribution >= 0.6 is 0 Å². The largest absolute Gasteiger partial charge is 0.377 e. The van der Waals surface area contributed by atoms with Crippen molar-refractivity contribution >= 4 is 41.3 Å². The molecule has 0 aromatic heterocycles. The Balaban J connectivity index is 1.30. The molecule has 0 aliphatic carbocycles. The van der Waals surface area contributed by atoms with Crippen LogP contribution < -0.4 is 21.3 Å². The molecule has 4 aliphatic heterocycles. The number of hydrogen-bond acceptors (Lipinski definition) is 7. The normalized spacial score (nSPS) is 26.2. The highest BCUT2D eigenvalue weighted by Crippen LogP contribution is 2.35. The first-order valence-corrected chi connectivity index (χ1v) is 19.8. The molecule has 16 heteroatoms.